The number of carbonyl (C=O) groups is 1. The van der Waals surface area contributed by atoms with Crippen LogP contribution >= 0.6 is 0 Å². The summed E-state index contributed by atoms with van der Waals surface area (Å²) in [6.45, 7) is 1.78. The molecule has 1 saturated carbocycles. The normalized spacial score (nSPS) is 15.3. The fourth-order valence-electron chi connectivity index (χ4n) is 2.76. The van der Waals surface area contributed by atoms with E-state index in [1.54, 1.807) is 37.5 Å². The Morgan fingerprint density at radius 1 is 1.43 bits per heavy atom. The third kappa shape index (κ3) is 2.27. The first-order chi connectivity index (χ1) is 11.1. The van der Waals surface area contributed by atoms with Crippen LogP contribution in [0.25, 0.3) is 10.9 Å². The molecule has 4 rings (SSSR count). The molecule has 0 saturated heterocycles. The molecule has 3 aromatic rings. The van der Waals surface area contributed by atoms with Crippen LogP contribution in [0.15, 0.2) is 34.9 Å². The Kier molecular flexibility index (Phi) is 2.78. The van der Waals surface area contributed by atoms with E-state index >= 15 is 0 Å². The molecule has 2 aromatic heterocycles. The van der Waals surface area contributed by atoms with Gasteiger partial charge in [0.15, 0.2) is 5.89 Å². The Balaban J connectivity index is 1.61. The van der Waals surface area contributed by atoms with Gasteiger partial charge in [-0.15, -0.1) is 0 Å². The van der Waals surface area contributed by atoms with Crippen LogP contribution in [0.2, 0.25) is 0 Å². The van der Waals surface area contributed by atoms with Crippen molar-refractivity contribution in [3.05, 3.63) is 53.4 Å². The average molecular weight is 306 g/mol. The van der Waals surface area contributed by atoms with Crippen molar-refractivity contribution in [1.82, 2.24) is 15.3 Å². The van der Waals surface area contributed by atoms with Gasteiger partial charge in [-0.2, -0.15) is 5.26 Å². The fraction of sp³-hybridized carbons (Fsp3) is 0.235. The lowest BCUT2D eigenvalue weighted by Gasteiger charge is -2.13. The molecular weight excluding hydrogens is 292 g/mol. The Hall–Kier alpha value is -3.07. The van der Waals surface area contributed by atoms with E-state index in [4.69, 9.17) is 9.68 Å². The third-order valence-electron chi connectivity index (χ3n) is 4.21. The van der Waals surface area contributed by atoms with Gasteiger partial charge in [0.2, 0.25) is 0 Å². The first kappa shape index (κ1) is 13.6. The molecule has 6 nitrogen and oxygen atoms in total. The lowest BCUT2D eigenvalue weighted by atomic mass is 10.1. The number of nitriles is 1. The first-order valence-corrected chi connectivity index (χ1v) is 7.38. The Bertz CT molecular complexity index is 957. The predicted molar refractivity (Wildman–Crippen MR) is 82.6 cm³/mol. The summed E-state index contributed by atoms with van der Waals surface area (Å²) in [4.78, 5) is 20.0. The zero-order chi connectivity index (χ0) is 16.0. The second-order valence-corrected chi connectivity index (χ2v) is 5.88. The molecule has 23 heavy (non-hydrogen) atoms. The van der Waals surface area contributed by atoms with Gasteiger partial charge in [0, 0.05) is 17.8 Å². The molecule has 0 spiro atoms. The highest BCUT2D eigenvalue weighted by atomic mass is 16.3. The van der Waals surface area contributed by atoms with Gasteiger partial charge in [-0.3, -0.25) is 4.79 Å². The zero-order valence-electron chi connectivity index (χ0n) is 12.5. The topological polar surface area (TPSA) is 94.7 Å². The van der Waals surface area contributed by atoms with Crippen molar-refractivity contribution in [1.29, 1.82) is 5.26 Å². The van der Waals surface area contributed by atoms with Gasteiger partial charge < -0.3 is 14.7 Å². The van der Waals surface area contributed by atoms with Crippen molar-refractivity contribution in [3.8, 4) is 6.07 Å². The van der Waals surface area contributed by atoms with Crippen molar-refractivity contribution >= 4 is 16.8 Å². The van der Waals surface area contributed by atoms with Crippen LogP contribution < -0.4 is 5.32 Å². The number of amides is 1. The summed E-state index contributed by atoms with van der Waals surface area (Å²) < 4.78 is 5.25. The standard InChI is InChI=1S/C17H14N4O2/c1-10-19-15(9-23-10)17(4-5-17)21-16(22)14-7-12-6-11(8-18)2-3-13(12)20-14/h2-3,6-7,9,20H,4-5H2,1H3,(H,21,22). The largest absolute Gasteiger partial charge is 0.449 e. The number of H-pyrrole nitrogens is 1. The molecule has 2 N–H and O–H groups in total. The van der Waals surface area contributed by atoms with E-state index in [0.29, 0.717) is 17.1 Å². The minimum absolute atomic E-state index is 0.183. The van der Waals surface area contributed by atoms with Crippen LogP contribution in [0.3, 0.4) is 0 Å². The van der Waals surface area contributed by atoms with Gasteiger partial charge in [-0.05, 0) is 37.1 Å². The van der Waals surface area contributed by atoms with Crippen molar-refractivity contribution in [2.75, 3.05) is 0 Å². The highest BCUT2D eigenvalue weighted by Gasteiger charge is 2.48. The summed E-state index contributed by atoms with van der Waals surface area (Å²) in [6.07, 6.45) is 3.31. The van der Waals surface area contributed by atoms with E-state index in [-0.39, 0.29) is 5.91 Å². The molecule has 0 bridgehead atoms. The number of benzene rings is 1. The molecule has 1 amide bonds. The van der Waals surface area contributed by atoms with Crippen molar-refractivity contribution < 1.29 is 9.21 Å². The third-order valence-corrected chi connectivity index (χ3v) is 4.21. The van der Waals surface area contributed by atoms with Crippen LogP contribution in [-0.4, -0.2) is 15.9 Å². The van der Waals surface area contributed by atoms with Gasteiger partial charge in [0.25, 0.3) is 5.91 Å². The van der Waals surface area contributed by atoms with Gasteiger partial charge in [-0.1, -0.05) is 0 Å². The number of rotatable bonds is 3. The van der Waals surface area contributed by atoms with E-state index in [1.165, 1.54) is 0 Å². The second kappa shape index (κ2) is 4.71. The predicted octanol–water partition coefficient (Wildman–Crippen LogP) is 2.76. The van der Waals surface area contributed by atoms with Crippen LogP contribution in [0.1, 0.15) is 40.5 Å². The maximum absolute atomic E-state index is 12.5. The van der Waals surface area contributed by atoms with Crippen molar-refractivity contribution in [2.45, 2.75) is 25.3 Å². The number of aryl methyl sites for hydroxylation is 1. The Labute approximate surface area is 132 Å². The van der Waals surface area contributed by atoms with Gasteiger partial charge in [-0.25, -0.2) is 4.98 Å². The molecule has 6 heteroatoms. The molecule has 1 aliphatic rings. The molecule has 0 aliphatic heterocycles. The average Bonchev–Trinajstić information content (AvgIpc) is 2.99. The van der Waals surface area contributed by atoms with Crippen LogP contribution in [0.4, 0.5) is 0 Å². The lowest BCUT2D eigenvalue weighted by molar-refractivity contribution is 0.0925. The maximum atomic E-state index is 12.5. The summed E-state index contributed by atoms with van der Waals surface area (Å²) in [5, 5.41) is 12.8. The van der Waals surface area contributed by atoms with Crippen LogP contribution in [-0.2, 0) is 5.54 Å². The molecule has 1 fully saturated rings. The number of nitrogens with one attached hydrogen (secondary N) is 2. The maximum Gasteiger partial charge on any atom is 0.268 e. The molecule has 114 valence electrons. The molecule has 0 radical (unpaired) electrons. The SMILES string of the molecule is Cc1nc(C2(NC(=O)c3cc4cc(C#N)ccc4[nH]3)CC2)co1. The van der Waals surface area contributed by atoms with Gasteiger partial charge in [0.1, 0.15) is 17.7 Å². The van der Waals surface area contributed by atoms with E-state index < -0.39 is 5.54 Å². The summed E-state index contributed by atoms with van der Waals surface area (Å²) in [7, 11) is 0. The minimum Gasteiger partial charge on any atom is -0.449 e. The lowest BCUT2D eigenvalue weighted by Crippen LogP contribution is -2.35. The monoisotopic (exact) mass is 306 g/mol. The van der Waals surface area contributed by atoms with Gasteiger partial charge in [0.05, 0.1) is 17.2 Å². The number of hydrogen-bond donors (Lipinski definition) is 2. The number of carbonyl (C=O) groups excluding carboxylic acids is 1. The van der Waals surface area contributed by atoms with Crippen molar-refractivity contribution in [2.24, 2.45) is 0 Å². The highest BCUT2D eigenvalue weighted by molar-refractivity contribution is 5.98. The van der Waals surface area contributed by atoms with Gasteiger partial charge >= 0.3 is 0 Å². The summed E-state index contributed by atoms with van der Waals surface area (Å²) in [5.74, 6) is 0.410. The first-order valence-electron chi connectivity index (χ1n) is 7.38. The van der Waals surface area contributed by atoms with E-state index in [2.05, 4.69) is 21.4 Å². The summed E-state index contributed by atoms with van der Waals surface area (Å²) in [6, 6.07) is 9.14. The summed E-state index contributed by atoms with van der Waals surface area (Å²) in [5.41, 5.74) is 2.23. The quantitative estimate of drug-likeness (QED) is 0.778. The molecule has 1 aromatic carbocycles. The van der Waals surface area contributed by atoms with Crippen LogP contribution in [0.5, 0.6) is 0 Å². The number of hydrogen-bond acceptors (Lipinski definition) is 4. The van der Waals surface area contributed by atoms with Crippen LogP contribution in [0, 0.1) is 18.3 Å². The Morgan fingerprint density at radius 2 is 2.26 bits per heavy atom. The number of nitrogens with zero attached hydrogens (tertiary/aromatic N) is 2. The summed E-state index contributed by atoms with van der Waals surface area (Å²) >= 11 is 0. The smallest absolute Gasteiger partial charge is 0.268 e. The fourth-order valence-corrected chi connectivity index (χ4v) is 2.76. The zero-order valence-corrected chi connectivity index (χ0v) is 12.5. The minimum atomic E-state index is -0.413. The molecule has 1 aliphatic carbocycles. The molecule has 2 heterocycles. The number of fused-ring (bicyclic) bond motifs is 1. The van der Waals surface area contributed by atoms with E-state index in [9.17, 15) is 4.79 Å². The molecule has 0 unspecified atom stereocenters. The number of aromatic nitrogens is 2. The Morgan fingerprint density at radius 3 is 2.91 bits per heavy atom. The molecule has 0 atom stereocenters. The van der Waals surface area contributed by atoms with E-state index in [1.807, 2.05) is 0 Å². The van der Waals surface area contributed by atoms with Crippen molar-refractivity contribution in [3.63, 3.8) is 0 Å². The number of oxazole rings is 1. The molecular formula is C17H14N4O2. The number of aromatic amines is 1. The van der Waals surface area contributed by atoms with E-state index in [0.717, 1.165) is 29.4 Å². The second-order valence-electron chi connectivity index (χ2n) is 5.88. The highest BCUT2D eigenvalue weighted by Crippen LogP contribution is 2.45.